The van der Waals surface area contributed by atoms with Crippen LogP contribution in [0.1, 0.15) is 29.5 Å². The average Bonchev–Trinajstić information content (AvgIpc) is 3.55. The van der Waals surface area contributed by atoms with Gasteiger partial charge >= 0.3 is 6.18 Å². The Morgan fingerprint density at radius 2 is 1.53 bits per heavy atom. The van der Waals surface area contributed by atoms with Crippen molar-refractivity contribution in [1.82, 2.24) is 4.90 Å². The van der Waals surface area contributed by atoms with Gasteiger partial charge in [0.15, 0.2) is 11.5 Å². The molecule has 3 rings (SSSR count). The molecule has 0 aliphatic heterocycles. The molecule has 0 aromatic heterocycles. The van der Waals surface area contributed by atoms with Gasteiger partial charge in [0.05, 0.1) is 33.3 Å². The quantitative estimate of drug-likeness (QED) is 0.629. The molecule has 0 bridgehead atoms. The van der Waals surface area contributed by atoms with E-state index in [4.69, 9.17) is 14.2 Å². The average molecular weight is 423 g/mol. The first kappa shape index (κ1) is 21.8. The number of carbonyl (C=O) groups excluding carboxylic acids is 1. The predicted molar refractivity (Wildman–Crippen MR) is 105 cm³/mol. The summed E-state index contributed by atoms with van der Waals surface area (Å²) >= 11 is 0. The minimum absolute atomic E-state index is 0.105. The van der Waals surface area contributed by atoms with E-state index in [1.807, 2.05) is 0 Å². The molecule has 0 saturated heterocycles. The van der Waals surface area contributed by atoms with Gasteiger partial charge in [0.25, 0.3) is 0 Å². The van der Waals surface area contributed by atoms with E-state index in [0.29, 0.717) is 28.4 Å². The van der Waals surface area contributed by atoms with E-state index >= 15 is 0 Å². The smallest absolute Gasteiger partial charge is 0.416 e. The number of carbonyl (C=O) groups is 1. The maximum absolute atomic E-state index is 13.0. The molecule has 1 aliphatic carbocycles. The molecule has 0 N–H and O–H groups in total. The monoisotopic (exact) mass is 423 g/mol. The lowest BCUT2D eigenvalue weighted by Crippen LogP contribution is -2.33. The molecule has 2 aromatic carbocycles. The van der Waals surface area contributed by atoms with Crippen molar-refractivity contribution in [3.05, 3.63) is 53.1 Å². The van der Waals surface area contributed by atoms with E-state index in [0.717, 1.165) is 25.0 Å². The van der Waals surface area contributed by atoms with Gasteiger partial charge in [-0.2, -0.15) is 13.2 Å². The largest absolute Gasteiger partial charge is 0.493 e. The molecule has 1 fully saturated rings. The Kier molecular flexibility index (Phi) is 6.43. The third-order valence-electron chi connectivity index (χ3n) is 5.02. The zero-order chi connectivity index (χ0) is 21.9. The van der Waals surface area contributed by atoms with E-state index in [1.165, 1.54) is 33.5 Å². The highest BCUT2D eigenvalue weighted by atomic mass is 19.4. The van der Waals surface area contributed by atoms with E-state index in [1.54, 1.807) is 17.0 Å². The molecule has 0 heterocycles. The van der Waals surface area contributed by atoms with E-state index < -0.39 is 11.7 Å². The Morgan fingerprint density at radius 3 is 1.97 bits per heavy atom. The van der Waals surface area contributed by atoms with Gasteiger partial charge in [0, 0.05) is 12.6 Å². The molecule has 0 spiro atoms. The zero-order valence-electron chi connectivity index (χ0n) is 17.1. The summed E-state index contributed by atoms with van der Waals surface area (Å²) in [7, 11) is 4.51. The summed E-state index contributed by atoms with van der Waals surface area (Å²) in [5.41, 5.74) is 0.661. The number of nitrogens with zero attached hydrogens (tertiary/aromatic N) is 1. The Labute approximate surface area is 173 Å². The van der Waals surface area contributed by atoms with E-state index in [9.17, 15) is 18.0 Å². The van der Waals surface area contributed by atoms with Crippen LogP contribution in [0.25, 0.3) is 0 Å². The fourth-order valence-corrected chi connectivity index (χ4v) is 3.32. The summed E-state index contributed by atoms with van der Waals surface area (Å²) in [6, 6.07) is 8.50. The Hall–Kier alpha value is -2.90. The second-order valence-corrected chi connectivity index (χ2v) is 7.16. The lowest BCUT2D eigenvalue weighted by atomic mass is 10.1. The third kappa shape index (κ3) is 4.98. The van der Waals surface area contributed by atoms with Crippen LogP contribution in [0.2, 0.25) is 0 Å². The molecule has 1 aliphatic rings. The van der Waals surface area contributed by atoms with E-state index in [-0.39, 0.29) is 24.9 Å². The number of amides is 1. The number of hydrogen-bond acceptors (Lipinski definition) is 4. The molecular formula is C22H24F3NO4. The molecule has 5 nitrogen and oxygen atoms in total. The van der Waals surface area contributed by atoms with Gasteiger partial charge in [0.1, 0.15) is 0 Å². The number of rotatable bonds is 8. The van der Waals surface area contributed by atoms with Crippen molar-refractivity contribution in [2.45, 2.75) is 38.0 Å². The summed E-state index contributed by atoms with van der Waals surface area (Å²) in [6.45, 7) is 0.270. The van der Waals surface area contributed by atoms with Crippen LogP contribution in [-0.2, 0) is 23.9 Å². The van der Waals surface area contributed by atoms with Gasteiger partial charge in [-0.1, -0.05) is 12.1 Å². The molecule has 0 radical (unpaired) electrons. The SMILES string of the molecule is COc1cc(CC(=O)N(Cc2ccc(C(F)(F)F)cc2)C2CC2)cc(OC)c1OC. The van der Waals surface area contributed by atoms with E-state index in [2.05, 4.69) is 0 Å². The van der Waals surface area contributed by atoms with Gasteiger partial charge in [0.2, 0.25) is 11.7 Å². The van der Waals surface area contributed by atoms with Crippen LogP contribution >= 0.6 is 0 Å². The Morgan fingerprint density at radius 1 is 0.967 bits per heavy atom. The topological polar surface area (TPSA) is 48.0 Å². The van der Waals surface area contributed by atoms with Gasteiger partial charge < -0.3 is 19.1 Å². The molecule has 30 heavy (non-hydrogen) atoms. The molecule has 1 saturated carbocycles. The van der Waals surface area contributed by atoms with Crippen molar-refractivity contribution in [1.29, 1.82) is 0 Å². The first-order valence-corrected chi connectivity index (χ1v) is 9.51. The van der Waals surface area contributed by atoms with Crippen molar-refractivity contribution in [3.8, 4) is 17.2 Å². The van der Waals surface area contributed by atoms with Crippen LogP contribution in [0.3, 0.4) is 0 Å². The van der Waals surface area contributed by atoms with Crippen LogP contribution in [0.4, 0.5) is 13.2 Å². The molecule has 8 heteroatoms. The second-order valence-electron chi connectivity index (χ2n) is 7.16. The fourth-order valence-electron chi connectivity index (χ4n) is 3.32. The maximum Gasteiger partial charge on any atom is 0.416 e. The molecule has 2 aromatic rings. The van der Waals surface area contributed by atoms with Crippen LogP contribution in [0.15, 0.2) is 36.4 Å². The standard InChI is InChI=1S/C22H24F3NO4/c1-28-18-10-15(11-19(29-2)21(18)30-3)12-20(27)26(17-8-9-17)13-14-4-6-16(7-5-14)22(23,24)25/h4-7,10-11,17H,8-9,12-13H2,1-3H3. The molecular weight excluding hydrogens is 399 g/mol. The van der Waals surface area contributed by atoms with Crippen molar-refractivity contribution in [3.63, 3.8) is 0 Å². The normalized spacial score (nSPS) is 13.7. The minimum Gasteiger partial charge on any atom is -0.493 e. The number of halogens is 3. The number of methoxy groups -OCH3 is 3. The van der Waals surface area contributed by atoms with Crippen LogP contribution in [0, 0.1) is 0 Å². The van der Waals surface area contributed by atoms with Gasteiger partial charge in [-0.05, 0) is 48.2 Å². The van der Waals surface area contributed by atoms with Crippen molar-refractivity contribution < 1.29 is 32.2 Å². The van der Waals surface area contributed by atoms with Crippen molar-refractivity contribution in [2.75, 3.05) is 21.3 Å². The summed E-state index contributed by atoms with van der Waals surface area (Å²) in [4.78, 5) is 14.7. The first-order valence-electron chi connectivity index (χ1n) is 9.51. The Bertz CT molecular complexity index is 867. The van der Waals surface area contributed by atoms with Gasteiger partial charge in [-0.3, -0.25) is 4.79 Å². The van der Waals surface area contributed by atoms with Gasteiger partial charge in [-0.25, -0.2) is 0 Å². The summed E-state index contributed by atoms with van der Waals surface area (Å²) in [5.74, 6) is 1.26. The molecule has 162 valence electrons. The number of ether oxygens (including phenoxy) is 3. The van der Waals surface area contributed by atoms with Crippen LogP contribution < -0.4 is 14.2 Å². The highest BCUT2D eigenvalue weighted by molar-refractivity contribution is 5.80. The zero-order valence-corrected chi connectivity index (χ0v) is 17.1. The van der Waals surface area contributed by atoms with Crippen molar-refractivity contribution >= 4 is 5.91 Å². The number of hydrogen-bond donors (Lipinski definition) is 0. The fraction of sp³-hybridized carbons (Fsp3) is 0.409. The number of alkyl halides is 3. The van der Waals surface area contributed by atoms with Crippen LogP contribution in [-0.4, -0.2) is 38.2 Å². The lowest BCUT2D eigenvalue weighted by Gasteiger charge is -2.23. The Balaban J connectivity index is 1.77. The van der Waals surface area contributed by atoms with Crippen LogP contribution in [0.5, 0.6) is 17.2 Å². The van der Waals surface area contributed by atoms with Crippen molar-refractivity contribution in [2.24, 2.45) is 0 Å². The molecule has 0 atom stereocenters. The molecule has 1 amide bonds. The number of benzene rings is 2. The maximum atomic E-state index is 13.0. The van der Waals surface area contributed by atoms with Gasteiger partial charge in [-0.15, -0.1) is 0 Å². The third-order valence-corrected chi connectivity index (χ3v) is 5.02. The predicted octanol–water partition coefficient (Wildman–Crippen LogP) is 4.46. The summed E-state index contributed by atoms with van der Waals surface area (Å²) in [6.07, 6.45) is -2.48. The highest BCUT2D eigenvalue weighted by Gasteiger charge is 2.33. The molecule has 0 unspecified atom stereocenters. The first-order chi connectivity index (χ1) is 14.3. The lowest BCUT2D eigenvalue weighted by molar-refractivity contribution is -0.137. The minimum atomic E-state index is -4.38. The second kappa shape index (κ2) is 8.85. The summed E-state index contributed by atoms with van der Waals surface area (Å²) < 4.78 is 54.3. The summed E-state index contributed by atoms with van der Waals surface area (Å²) in [5, 5.41) is 0. The highest BCUT2D eigenvalue weighted by Crippen LogP contribution is 2.39.